The maximum atomic E-state index is 11.2. The van der Waals surface area contributed by atoms with E-state index in [0.29, 0.717) is 6.42 Å². The van der Waals surface area contributed by atoms with Crippen LogP contribution in [-0.4, -0.2) is 29.1 Å². The number of aryl methyl sites for hydroxylation is 1. The number of hydrogen-bond acceptors (Lipinski definition) is 2. The summed E-state index contributed by atoms with van der Waals surface area (Å²) in [5.74, 6) is -0.753. The Balaban J connectivity index is 2.84. The molecule has 1 aromatic rings. The van der Waals surface area contributed by atoms with Gasteiger partial charge in [-0.2, -0.15) is 0 Å². The third-order valence-electron chi connectivity index (χ3n) is 3.64. The molecule has 0 aliphatic heterocycles. The van der Waals surface area contributed by atoms with Crippen LogP contribution in [-0.2, 0) is 11.2 Å². The van der Waals surface area contributed by atoms with Gasteiger partial charge in [-0.15, -0.1) is 0 Å². The van der Waals surface area contributed by atoms with Crippen LogP contribution in [0.15, 0.2) is 24.3 Å². The van der Waals surface area contributed by atoms with Crippen LogP contribution in [0.3, 0.4) is 0 Å². The van der Waals surface area contributed by atoms with Crippen LogP contribution >= 0.6 is 0 Å². The number of carboxylic acids is 1. The summed E-state index contributed by atoms with van der Waals surface area (Å²) in [7, 11) is 1.88. The summed E-state index contributed by atoms with van der Waals surface area (Å²) >= 11 is 0. The second-order valence-corrected chi connectivity index (χ2v) is 4.70. The van der Waals surface area contributed by atoms with Gasteiger partial charge in [0.05, 0.1) is 0 Å². The topological polar surface area (TPSA) is 40.5 Å². The predicted molar refractivity (Wildman–Crippen MR) is 73.7 cm³/mol. The number of nitrogens with zero attached hydrogens (tertiary/aromatic N) is 1. The monoisotopic (exact) mass is 249 g/mol. The van der Waals surface area contributed by atoms with Gasteiger partial charge in [0.25, 0.3) is 0 Å². The highest BCUT2D eigenvalue weighted by Crippen LogP contribution is 2.22. The Morgan fingerprint density at radius 1 is 1.28 bits per heavy atom. The summed E-state index contributed by atoms with van der Waals surface area (Å²) in [5.41, 5.74) is 2.47. The number of rotatable bonds is 6. The number of carbonyl (C=O) groups is 1. The standard InChI is InChI=1S/C15H23NO2/c1-5-12-7-9-13(10-8-12)11(3)16(4)14(6-2)15(17)18/h7-11,14H,5-6H2,1-4H3,(H,17,18). The molecule has 0 saturated carbocycles. The normalized spacial score (nSPS) is 14.5. The molecule has 3 nitrogen and oxygen atoms in total. The minimum Gasteiger partial charge on any atom is -0.480 e. The minimum absolute atomic E-state index is 0.108. The largest absolute Gasteiger partial charge is 0.480 e. The summed E-state index contributed by atoms with van der Waals surface area (Å²) in [6.07, 6.45) is 1.64. The second kappa shape index (κ2) is 6.55. The Hall–Kier alpha value is -1.35. The first-order chi connectivity index (χ1) is 8.51. The second-order valence-electron chi connectivity index (χ2n) is 4.70. The van der Waals surface area contributed by atoms with Gasteiger partial charge in [-0.25, -0.2) is 0 Å². The van der Waals surface area contributed by atoms with Crippen molar-refractivity contribution in [2.75, 3.05) is 7.05 Å². The molecule has 0 fully saturated rings. The maximum Gasteiger partial charge on any atom is 0.320 e. The number of carboxylic acid groups (broad SMARTS) is 1. The summed E-state index contributed by atoms with van der Waals surface area (Å²) in [6.45, 7) is 6.08. The highest BCUT2D eigenvalue weighted by atomic mass is 16.4. The van der Waals surface area contributed by atoms with E-state index in [1.54, 1.807) is 0 Å². The van der Waals surface area contributed by atoms with Crippen LogP contribution in [0, 0.1) is 0 Å². The van der Waals surface area contributed by atoms with Crippen molar-refractivity contribution in [2.45, 2.75) is 45.7 Å². The molecule has 0 amide bonds. The molecular weight excluding hydrogens is 226 g/mol. The Morgan fingerprint density at radius 2 is 1.83 bits per heavy atom. The van der Waals surface area contributed by atoms with E-state index in [2.05, 4.69) is 31.2 Å². The van der Waals surface area contributed by atoms with Crippen molar-refractivity contribution < 1.29 is 9.90 Å². The molecule has 0 heterocycles. The molecule has 1 N–H and O–H groups in total. The SMILES string of the molecule is CCc1ccc(C(C)N(C)C(CC)C(=O)O)cc1. The van der Waals surface area contributed by atoms with Gasteiger partial charge in [0.2, 0.25) is 0 Å². The fraction of sp³-hybridized carbons (Fsp3) is 0.533. The molecule has 0 aliphatic carbocycles. The van der Waals surface area contributed by atoms with E-state index in [4.69, 9.17) is 0 Å². The van der Waals surface area contributed by atoms with Crippen molar-refractivity contribution in [3.05, 3.63) is 35.4 Å². The molecular formula is C15H23NO2. The highest BCUT2D eigenvalue weighted by molar-refractivity contribution is 5.73. The average Bonchev–Trinajstić information content (AvgIpc) is 2.38. The molecule has 1 rings (SSSR count). The van der Waals surface area contributed by atoms with Crippen molar-refractivity contribution in [1.29, 1.82) is 0 Å². The molecule has 0 aromatic heterocycles. The van der Waals surface area contributed by atoms with E-state index in [-0.39, 0.29) is 6.04 Å². The number of benzene rings is 1. The fourth-order valence-electron chi connectivity index (χ4n) is 2.17. The Morgan fingerprint density at radius 3 is 2.22 bits per heavy atom. The van der Waals surface area contributed by atoms with Crippen LogP contribution in [0.1, 0.15) is 44.4 Å². The zero-order valence-electron chi connectivity index (χ0n) is 11.7. The van der Waals surface area contributed by atoms with Gasteiger partial charge in [0.1, 0.15) is 6.04 Å². The van der Waals surface area contributed by atoms with Gasteiger partial charge < -0.3 is 5.11 Å². The van der Waals surface area contributed by atoms with Crippen molar-refractivity contribution in [3.63, 3.8) is 0 Å². The Labute approximate surface area is 109 Å². The van der Waals surface area contributed by atoms with Gasteiger partial charge in [0, 0.05) is 6.04 Å². The molecule has 18 heavy (non-hydrogen) atoms. The zero-order valence-corrected chi connectivity index (χ0v) is 11.7. The van der Waals surface area contributed by atoms with Gasteiger partial charge in [-0.1, -0.05) is 38.1 Å². The first-order valence-electron chi connectivity index (χ1n) is 6.54. The van der Waals surface area contributed by atoms with Gasteiger partial charge >= 0.3 is 5.97 Å². The van der Waals surface area contributed by atoms with Crippen LogP contribution < -0.4 is 0 Å². The molecule has 1 aromatic carbocycles. The molecule has 0 aliphatic rings. The third kappa shape index (κ3) is 3.33. The van der Waals surface area contributed by atoms with Crippen LogP contribution in [0.5, 0.6) is 0 Å². The van der Waals surface area contributed by atoms with E-state index < -0.39 is 12.0 Å². The first-order valence-corrected chi connectivity index (χ1v) is 6.54. The molecule has 100 valence electrons. The van der Waals surface area contributed by atoms with E-state index >= 15 is 0 Å². The zero-order chi connectivity index (χ0) is 13.7. The first kappa shape index (κ1) is 14.7. The molecule has 2 atom stereocenters. The number of likely N-dealkylation sites (N-methyl/N-ethyl adjacent to an activating group) is 1. The van der Waals surface area contributed by atoms with Gasteiger partial charge in [0.15, 0.2) is 0 Å². The summed E-state index contributed by atoms with van der Waals surface area (Å²) < 4.78 is 0. The lowest BCUT2D eigenvalue weighted by molar-refractivity contribution is -0.143. The fourth-order valence-corrected chi connectivity index (χ4v) is 2.17. The molecule has 0 bridgehead atoms. The van der Waals surface area contributed by atoms with Crippen molar-refractivity contribution in [3.8, 4) is 0 Å². The Kier molecular flexibility index (Phi) is 5.35. The minimum atomic E-state index is -0.753. The van der Waals surface area contributed by atoms with Gasteiger partial charge in [-0.3, -0.25) is 9.69 Å². The van der Waals surface area contributed by atoms with Crippen LogP contribution in [0.2, 0.25) is 0 Å². The highest BCUT2D eigenvalue weighted by Gasteiger charge is 2.25. The summed E-state index contributed by atoms with van der Waals surface area (Å²) in [6, 6.07) is 8.09. The number of hydrogen-bond donors (Lipinski definition) is 1. The van der Waals surface area contributed by atoms with Crippen LogP contribution in [0.4, 0.5) is 0 Å². The third-order valence-corrected chi connectivity index (χ3v) is 3.64. The quantitative estimate of drug-likeness (QED) is 0.842. The maximum absolute atomic E-state index is 11.2. The van der Waals surface area contributed by atoms with Crippen molar-refractivity contribution >= 4 is 5.97 Å². The lowest BCUT2D eigenvalue weighted by atomic mass is 10.0. The number of aliphatic carboxylic acids is 1. The molecule has 3 heteroatoms. The van der Waals surface area contributed by atoms with Crippen molar-refractivity contribution in [1.82, 2.24) is 4.90 Å². The lowest BCUT2D eigenvalue weighted by Gasteiger charge is -2.30. The van der Waals surface area contributed by atoms with E-state index in [0.717, 1.165) is 12.0 Å². The molecule has 0 saturated heterocycles. The van der Waals surface area contributed by atoms with Crippen molar-refractivity contribution in [2.24, 2.45) is 0 Å². The molecule has 2 unspecified atom stereocenters. The summed E-state index contributed by atoms with van der Waals surface area (Å²) in [5, 5.41) is 9.18. The van der Waals surface area contributed by atoms with Crippen LogP contribution in [0.25, 0.3) is 0 Å². The van der Waals surface area contributed by atoms with E-state index in [9.17, 15) is 9.90 Å². The predicted octanol–water partition coefficient (Wildman–Crippen LogP) is 3.11. The molecule has 0 spiro atoms. The van der Waals surface area contributed by atoms with Gasteiger partial charge in [-0.05, 0) is 37.9 Å². The average molecular weight is 249 g/mol. The Bertz CT molecular complexity index is 386. The summed E-state index contributed by atoms with van der Waals surface area (Å²) in [4.78, 5) is 13.1. The lowest BCUT2D eigenvalue weighted by Crippen LogP contribution is -2.39. The van der Waals surface area contributed by atoms with E-state index in [1.807, 2.05) is 25.8 Å². The smallest absolute Gasteiger partial charge is 0.320 e. The van der Waals surface area contributed by atoms with E-state index in [1.165, 1.54) is 5.56 Å². The molecule has 0 radical (unpaired) electrons.